The fourth-order valence-corrected chi connectivity index (χ4v) is 3.44. The maximum absolute atomic E-state index is 13.1. The van der Waals surface area contributed by atoms with Gasteiger partial charge in [0.05, 0.1) is 15.6 Å². The van der Waals surface area contributed by atoms with E-state index in [-0.39, 0.29) is 50.2 Å². The summed E-state index contributed by atoms with van der Waals surface area (Å²) in [5.41, 5.74) is -1.22. The summed E-state index contributed by atoms with van der Waals surface area (Å²) >= 11 is 12.3. The molecule has 3 rings (SSSR count). The van der Waals surface area contributed by atoms with Gasteiger partial charge in [0.2, 0.25) is 5.91 Å². The van der Waals surface area contributed by atoms with Gasteiger partial charge in [0.1, 0.15) is 17.4 Å². The Bertz CT molecular complexity index is 1040. The first-order valence-electron chi connectivity index (χ1n) is 9.46. The summed E-state index contributed by atoms with van der Waals surface area (Å²) in [7, 11) is 0. The van der Waals surface area contributed by atoms with E-state index in [1.165, 1.54) is 0 Å². The van der Waals surface area contributed by atoms with Crippen molar-refractivity contribution < 1.29 is 18.0 Å². The van der Waals surface area contributed by atoms with Crippen LogP contribution in [0.15, 0.2) is 12.1 Å². The van der Waals surface area contributed by atoms with Crippen molar-refractivity contribution in [1.82, 2.24) is 9.78 Å². The first-order valence-corrected chi connectivity index (χ1v) is 10.2. The number of hydrogen-bond donors (Lipinski definition) is 2. The van der Waals surface area contributed by atoms with E-state index >= 15 is 0 Å². The van der Waals surface area contributed by atoms with E-state index in [0.29, 0.717) is 6.54 Å². The Morgan fingerprint density at radius 2 is 1.84 bits per heavy atom. The van der Waals surface area contributed by atoms with Crippen LogP contribution in [0, 0.1) is 22.7 Å². The maximum Gasteiger partial charge on any atom is 0.416 e. The average molecular weight is 474 g/mol. The lowest BCUT2D eigenvalue weighted by atomic mass is 9.97. The second-order valence-corrected chi connectivity index (χ2v) is 9.37. The second kappa shape index (κ2) is 8.24. The molecule has 6 nitrogen and oxygen atoms in total. The summed E-state index contributed by atoms with van der Waals surface area (Å²) in [5, 5.41) is 19.0. The number of alkyl halides is 3. The molecule has 1 aromatic carbocycles. The number of anilines is 2. The number of carbonyl (C=O) groups excluding carboxylic acids is 1. The maximum atomic E-state index is 13.1. The minimum Gasteiger partial charge on any atom is -0.368 e. The molecule has 1 aromatic heterocycles. The Hall–Kier alpha value is -2.44. The Morgan fingerprint density at radius 3 is 2.29 bits per heavy atom. The lowest BCUT2D eigenvalue weighted by Gasteiger charge is -2.22. The van der Waals surface area contributed by atoms with E-state index in [2.05, 4.69) is 15.7 Å². The van der Waals surface area contributed by atoms with Crippen molar-refractivity contribution in [1.29, 1.82) is 5.26 Å². The number of amides is 1. The molecule has 31 heavy (non-hydrogen) atoms. The van der Waals surface area contributed by atoms with Crippen molar-refractivity contribution in [2.45, 2.75) is 39.8 Å². The van der Waals surface area contributed by atoms with E-state index in [4.69, 9.17) is 23.2 Å². The zero-order chi connectivity index (χ0) is 23.1. The van der Waals surface area contributed by atoms with Gasteiger partial charge in [0.15, 0.2) is 11.5 Å². The van der Waals surface area contributed by atoms with Crippen molar-refractivity contribution in [3.8, 4) is 11.8 Å². The molecule has 11 heteroatoms. The van der Waals surface area contributed by atoms with Gasteiger partial charge in [-0.3, -0.25) is 4.79 Å². The quantitative estimate of drug-likeness (QED) is 0.568. The predicted octanol–water partition coefficient (Wildman–Crippen LogP) is 5.88. The molecule has 1 fully saturated rings. The number of aromatic nitrogens is 2. The largest absolute Gasteiger partial charge is 0.416 e. The van der Waals surface area contributed by atoms with Gasteiger partial charge in [-0.05, 0) is 30.4 Å². The van der Waals surface area contributed by atoms with Crippen molar-refractivity contribution in [3.05, 3.63) is 33.4 Å². The highest BCUT2D eigenvalue weighted by molar-refractivity contribution is 6.38. The van der Waals surface area contributed by atoms with E-state index < -0.39 is 11.7 Å². The number of nitriles is 1. The van der Waals surface area contributed by atoms with Gasteiger partial charge in [-0.1, -0.05) is 44.0 Å². The standard InChI is InChI=1S/C20H20Cl2F3N5O/c1-19(2,3)9-27-17-15(28-18(31)10-4-5-10)14(8-26)29-30(17)16-12(21)6-11(7-13(16)22)20(23,24)25/h6-7,10,27H,4-5,9H2,1-3H3,(H,28,31). The normalized spacial score (nSPS) is 14.3. The van der Waals surface area contributed by atoms with Gasteiger partial charge in [0, 0.05) is 12.5 Å². The number of rotatable bonds is 5. The number of nitrogens with one attached hydrogen (secondary N) is 2. The molecule has 0 radical (unpaired) electrons. The predicted molar refractivity (Wildman–Crippen MR) is 113 cm³/mol. The number of nitrogens with zero attached hydrogens (tertiary/aromatic N) is 3. The Morgan fingerprint density at radius 1 is 1.26 bits per heavy atom. The van der Waals surface area contributed by atoms with Crippen LogP contribution < -0.4 is 10.6 Å². The van der Waals surface area contributed by atoms with E-state index in [9.17, 15) is 23.2 Å². The van der Waals surface area contributed by atoms with Crippen LogP contribution >= 0.6 is 23.2 Å². The Balaban J connectivity index is 2.16. The number of benzene rings is 1. The molecular weight excluding hydrogens is 454 g/mol. The zero-order valence-corrected chi connectivity index (χ0v) is 18.5. The molecule has 1 aliphatic rings. The highest BCUT2D eigenvalue weighted by Gasteiger charge is 2.34. The van der Waals surface area contributed by atoms with Crippen molar-refractivity contribution >= 4 is 40.6 Å². The average Bonchev–Trinajstić information content (AvgIpc) is 3.42. The first-order chi connectivity index (χ1) is 14.3. The summed E-state index contributed by atoms with van der Waals surface area (Å²) in [6, 6.07) is 3.39. The third kappa shape index (κ3) is 5.25. The highest BCUT2D eigenvalue weighted by atomic mass is 35.5. The third-order valence-electron chi connectivity index (χ3n) is 4.53. The van der Waals surface area contributed by atoms with Gasteiger partial charge >= 0.3 is 6.18 Å². The van der Waals surface area contributed by atoms with Crippen molar-refractivity contribution in [2.75, 3.05) is 17.2 Å². The van der Waals surface area contributed by atoms with Gasteiger partial charge < -0.3 is 10.6 Å². The lowest BCUT2D eigenvalue weighted by molar-refractivity contribution is -0.137. The van der Waals surface area contributed by atoms with Crippen molar-refractivity contribution in [2.24, 2.45) is 11.3 Å². The molecule has 0 spiro atoms. The fraction of sp³-hybridized carbons (Fsp3) is 0.450. The van der Waals surface area contributed by atoms with Gasteiger partial charge in [-0.15, -0.1) is 0 Å². The van der Waals surface area contributed by atoms with E-state index in [1.807, 2.05) is 26.8 Å². The first kappa shape index (κ1) is 23.2. The molecule has 2 N–H and O–H groups in total. The van der Waals surface area contributed by atoms with E-state index in [0.717, 1.165) is 29.7 Å². The topological polar surface area (TPSA) is 82.7 Å². The van der Waals surface area contributed by atoms with Crippen LogP contribution in [-0.4, -0.2) is 22.2 Å². The molecule has 0 bridgehead atoms. The smallest absolute Gasteiger partial charge is 0.368 e. The number of halogens is 5. The Labute approximate surface area is 187 Å². The van der Waals surface area contributed by atoms with Crippen LogP contribution in [0.25, 0.3) is 5.69 Å². The van der Waals surface area contributed by atoms with Crippen LogP contribution in [0.3, 0.4) is 0 Å². The van der Waals surface area contributed by atoms with Crippen LogP contribution in [0.4, 0.5) is 24.7 Å². The summed E-state index contributed by atoms with van der Waals surface area (Å²) < 4.78 is 40.5. The lowest BCUT2D eigenvalue weighted by Crippen LogP contribution is -2.22. The van der Waals surface area contributed by atoms with Gasteiger partial charge in [0.25, 0.3) is 0 Å². The number of hydrogen-bond acceptors (Lipinski definition) is 4. The summed E-state index contributed by atoms with van der Waals surface area (Å²) in [4.78, 5) is 12.4. The van der Waals surface area contributed by atoms with Crippen LogP contribution in [0.2, 0.25) is 10.0 Å². The molecule has 0 atom stereocenters. The molecule has 1 saturated carbocycles. The molecule has 0 unspecified atom stereocenters. The summed E-state index contributed by atoms with van der Waals surface area (Å²) in [6.07, 6.45) is -3.13. The van der Waals surface area contributed by atoms with Gasteiger partial charge in [-0.2, -0.15) is 23.5 Å². The summed E-state index contributed by atoms with van der Waals surface area (Å²) in [5.74, 6) is -0.174. The van der Waals surface area contributed by atoms with Gasteiger partial charge in [-0.25, -0.2) is 4.68 Å². The second-order valence-electron chi connectivity index (χ2n) is 8.56. The fourth-order valence-electron chi connectivity index (χ4n) is 2.79. The molecule has 1 aliphatic carbocycles. The minimum atomic E-state index is -4.63. The molecule has 1 heterocycles. The SMILES string of the molecule is CC(C)(C)CNc1c(NC(=O)C2CC2)c(C#N)nn1-c1c(Cl)cc(C(F)(F)F)cc1Cl. The zero-order valence-electron chi connectivity index (χ0n) is 17.0. The minimum absolute atomic E-state index is 0.0313. The van der Waals surface area contributed by atoms with Crippen LogP contribution in [0.5, 0.6) is 0 Å². The van der Waals surface area contributed by atoms with Crippen LogP contribution in [0.1, 0.15) is 44.9 Å². The Kier molecular flexibility index (Phi) is 6.18. The molecule has 1 amide bonds. The molecule has 2 aromatic rings. The molecular formula is C20H20Cl2F3N5O. The third-order valence-corrected chi connectivity index (χ3v) is 5.11. The molecule has 0 saturated heterocycles. The van der Waals surface area contributed by atoms with Crippen molar-refractivity contribution in [3.63, 3.8) is 0 Å². The van der Waals surface area contributed by atoms with E-state index in [1.54, 1.807) is 0 Å². The highest BCUT2D eigenvalue weighted by Crippen LogP contribution is 2.41. The van der Waals surface area contributed by atoms with Crippen LogP contribution in [-0.2, 0) is 11.0 Å². The summed E-state index contributed by atoms with van der Waals surface area (Å²) in [6.45, 7) is 6.30. The molecule has 0 aliphatic heterocycles. The molecule has 166 valence electrons. The monoisotopic (exact) mass is 473 g/mol. The number of carbonyl (C=O) groups is 1.